The number of rotatable bonds is 4. The van der Waals surface area contributed by atoms with E-state index in [1.54, 1.807) is 18.2 Å². The van der Waals surface area contributed by atoms with Crippen molar-refractivity contribution in [3.05, 3.63) is 83.1 Å². The Balaban J connectivity index is 1.76. The molecule has 1 aliphatic heterocycles. The number of imide groups is 1. The fraction of sp³-hybridized carbons (Fsp3) is 0.0455. The van der Waals surface area contributed by atoms with Gasteiger partial charge in [0.2, 0.25) is 0 Å². The van der Waals surface area contributed by atoms with E-state index in [0.29, 0.717) is 16.9 Å². The lowest BCUT2D eigenvalue weighted by molar-refractivity contribution is -0.115. The molecule has 1 saturated heterocycles. The zero-order valence-electron chi connectivity index (χ0n) is 14.7. The van der Waals surface area contributed by atoms with Crippen molar-refractivity contribution < 1.29 is 14.3 Å². The van der Waals surface area contributed by atoms with Gasteiger partial charge in [-0.25, -0.2) is 4.79 Å². The first-order valence-electron chi connectivity index (χ1n) is 8.62. The van der Waals surface area contributed by atoms with Gasteiger partial charge in [0, 0.05) is 11.1 Å². The first kappa shape index (κ1) is 17.3. The van der Waals surface area contributed by atoms with Gasteiger partial charge >= 0.3 is 6.03 Å². The second-order valence-electron chi connectivity index (χ2n) is 6.22. The van der Waals surface area contributed by atoms with Crippen molar-refractivity contribution >= 4 is 28.8 Å². The summed E-state index contributed by atoms with van der Waals surface area (Å²) < 4.78 is 6.01. The molecule has 0 unspecified atom stereocenters. The van der Waals surface area contributed by atoms with Gasteiger partial charge in [0.1, 0.15) is 18.1 Å². The monoisotopic (exact) mass is 369 g/mol. The fourth-order valence-corrected chi connectivity index (χ4v) is 3.09. The number of nitriles is 1. The summed E-state index contributed by atoms with van der Waals surface area (Å²) in [7, 11) is 0. The van der Waals surface area contributed by atoms with Gasteiger partial charge in [0.05, 0.1) is 11.6 Å². The van der Waals surface area contributed by atoms with Crippen LogP contribution in [-0.2, 0) is 11.4 Å². The second-order valence-corrected chi connectivity index (χ2v) is 6.22. The fourth-order valence-electron chi connectivity index (χ4n) is 3.09. The largest absolute Gasteiger partial charge is 0.488 e. The average molecular weight is 369 g/mol. The van der Waals surface area contributed by atoms with E-state index in [2.05, 4.69) is 16.7 Å². The standard InChI is InChI=1S/C22H15N3O3/c23-12-15-6-1-2-7-16(15)13-28-20-10-9-14-5-3-4-8-17(14)18(20)11-19-21(26)25-22(27)24-19/h1-11H,13H2,(H2,24,25,26,27)/b19-11-. The van der Waals surface area contributed by atoms with Gasteiger partial charge in [0.15, 0.2) is 0 Å². The molecule has 1 fully saturated rings. The number of nitrogens with one attached hydrogen (secondary N) is 2. The Labute approximate surface area is 161 Å². The van der Waals surface area contributed by atoms with E-state index < -0.39 is 11.9 Å². The minimum absolute atomic E-state index is 0.156. The molecule has 0 radical (unpaired) electrons. The average Bonchev–Trinajstić information content (AvgIpc) is 3.04. The summed E-state index contributed by atoms with van der Waals surface area (Å²) in [5.41, 5.74) is 2.15. The molecule has 28 heavy (non-hydrogen) atoms. The first-order valence-corrected chi connectivity index (χ1v) is 8.62. The minimum Gasteiger partial charge on any atom is -0.488 e. The quantitative estimate of drug-likeness (QED) is 0.544. The van der Waals surface area contributed by atoms with Crippen LogP contribution >= 0.6 is 0 Å². The van der Waals surface area contributed by atoms with E-state index in [-0.39, 0.29) is 12.3 Å². The molecule has 1 aliphatic rings. The molecule has 0 bridgehead atoms. The highest BCUT2D eigenvalue weighted by molar-refractivity contribution is 6.14. The van der Waals surface area contributed by atoms with Crippen LogP contribution in [0.5, 0.6) is 5.75 Å². The predicted molar refractivity (Wildman–Crippen MR) is 104 cm³/mol. The Hall–Kier alpha value is -4.11. The lowest BCUT2D eigenvalue weighted by Gasteiger charge is -2.13. The predicted octanol–water partition coefficient (Wildman–Crippen LogP) is 3.47. The SMILES string of the molecule is N#Cc1ccccc1COc1ccc2ccccc2c1/C=C1\NC(=O)NC1=O. The van der Waals surface area contributed by atoms with E-state index >= 15 is 0 Å². The van der Waals surface area contributed by atoms with Crippen LogP contribution in [0.3, 0.4) is 0 Å². The number of hydrogen-bond acceptors (Lipinski definition) is 4. The molecule has 0 aliphatic carbocycles. The molecule has 3 aromatic carbocycles. The van der Waals surface area contributed by atoms with E-state index in [1.807, 2.05) is 48.5 Å². The van der Waals surface area contributed by atoms with Gasteiger partial charge in [-0.2, -0.15) is 5.26 Å². The molecule has 0 aromatic heterocycles. The smallest absolute Gasteiger partial charge is 0.326 e. The molecule has 136 valence electrons. The van der Waals surface area contributed by atoms with E-state index in [0.717, 1.165) is 16.3 Å². The first-order chi connectivity index (χ1) is 13.7. The molecule has 0 atom stereocenters. The molecule has 1 heterocycles. The molecular formula is C22H15N3O3. The van der Waals surface area contributed by atoms with Crippen LogP contribution in [0.15, 0.2) is 66.4 Å². The summed E-state index contributed by atoms with van der Waals surface area (Å²) in [6, 6.07) is 20.3. The normalized spacial score (nSPS) is 14.6. The van der Waals surface area contributed by atoms with Crippen LogP contribution in [-0.4, -0.2) is 11.9 Å². The van der Waals surface area contributed by atoms with Crippen molar-refractivity contribution in [1.82, 2.24) is 10.6 Å². The van der Waals surface area contributed by atoms with Crippen LogP contribution in [0.2, 0.25) is 0 Å². The summed E-state index contributed by atoms with van der Waals surface area (Å²) >= 11 is 0. The van der Waals surface area contributed by atoms with Crippen LogP contribution in [0.25, 0.3) is 16.8 Å². The van der Waals surface area contributed by atoms with Crippen LogP contribution < -0.4 is 15.4 Å². The van der Waals surface area contributed by atoms with Crippen molar-refractivity contribution in [2.45, 2.75) is 6.61 Å². The van der Waals surface area contributed by atoms with E-state index in [1.165, 1.54) is 0 Å². The molecule has 2 N–H and O–H groups in total. The van der Waals surface area contributed by atoms with Gasteiger partial charge in [-0.05, 0) is 29.0 Å². The van der Waals surface area contributed by atoms with Gasteiger partial charge < -0.3 is 10.1 Å². The number of urea groups is 1. The zero-order chi connectivity index (χ0) is 19.5. The number of hydrogen-bond donors (Lipinski definition) is 2. The summed E-state index contributed by atoms with van der Waals surface area (Å²) in [6.07, 6.45) is 1.61. The third-order valence-corrected chi connectivity index (χ3v) is 4.46. The maximum Gasteiger partial charge on any atom is 0.326 e. The van der Waals surface area contributed by atoms with Crippen molar-refractivity contribution in [3.63, 3.8) is 0 Å². The Morgan fingerprint density at radius 2 is 1.75 bits per heavy atom. The molecule has 3 amide bonds. The number of carbonyl (C=O) groups excluding carboxylic acids is 2. The van der Waals surface area contributed by atoms with Crippen LogP contribution in [0.4, 0.5) is 4.79 Å². The van der Waals surface area contributed by atoms with Crippen molar-refractivity contribution in [2.75, 3.05) is 0 Å². The Morgan fingerprint density at radius 1 is 0.964 bits per heavy atom. The maximum absolute atomic E-state index is 12.0. The topological polar surface area (TPSA) is 91.2 Å². The summed E-state index contributed by atoms with van der Waals surface area (Å²) in [5.74, 6) is 0.0617. The van der Waals surface area contributed by atoms with Crippen LogP contribution in [0.1, 0.15) is 16.7 Å². The third kappa shape index (κ3) is 3.29. The molecule has 3 aromatic rings. The Kier molecular flexibility index (Phi) is 4.48. The molecular weight excluding hydrogens is 354 g/mol. The van der Waals surface area contributed by atoms with Gasteiger partial charge in [-0.15, -0.1) is 0 Å². The molecule has 0 spiro atoms. The van der Waals surface area contributed by atoms with E-state index in [9.17, 15) is 14.9 Å². The Morgan fingerprint density at radius 3 is 2.54 bits per heavy atom. The van der Waals surface area contributed by atoms with E-state index in [4.69, 9.17) is 4.74 Å². The Bertz CT molecular complexity index is 1180. The summed E-state index contributed by atoms with van der Waals surface area (Å²) in [4.78, 5) is 23.4. The zero-order valence-corrected chi connectivity index (χ0v) is 14.7. The number of benzene rings is 3. The number of carbonyl (C=O) groups is 2. The maximum atomic E-state index is 12.0. The van der Waals surface area contributed by atoms with Gasteiger partial charge in [-0.1, -0.05) is 48.5 Å². The van der Waals surface area contributed by atoms with Crippen molar-refractivity contribution in [3.8, 4) is 11.8 Å². The highest BCUT2D eigenvalue weighted by Crippen LogP contribution is 2.31. The number of nitrogens with zero attached hydrogens (tertiary/aromatic N) is 1. The van der Waals surface area contributed by atoms with Crippen molar-refractivity contribution in [2.24, 2.45) is 0 Å². The lowest BCUT2D eigenvalue weighted by Crippen LogP contribution is -2.22. The molecule has 0 saturated carbocycles. The summed E-state index contributed by atoms with van der Waals surface area (Å²) in [5, 5.41) is 15.8. The minimum atomic E-state index is -0.554. The highest BCUT2D eigenvalue weighted by Gasteiger charge is 2.23. The third-order valence-electron chi connectivity index (χ3n) is 4.46. The van der Waals surface area contributed by atoms with Gasteiger partial charge in [0.25, 0.3) is 5.91 Å². The molecule has 6 heteroatoms. The second kappa shape index (κ2) is 7.25. The van der Waals surface area contributed by atoms with Gasteiger partial charge in [-0.3, -0.25) is 10.1 Å². The molecule has 6 nitrogen and oxygen atoms in total. The number of fused-ring (bicyclic) bond motifs is 1. The number of amides is 3. The molecule has 4 rings (SSSR count). The van der Waals surface area contributed by atoms with Crippen LogP contribution in [0, 0.1) is 11.3 Å². The number of ether oxygens (including phenoxy) is 1. The van der Waals surface area contributed by atoms with Crippen molar-refractivity contribution in [1.29, 1.82) is 5.26 Å². The highest BCUT2D eigenvalue weighted by atomic mass is 16.5. The summed E-state index contributed by atoms with van der Waals surface area (Å²) in [6.45, 7) is 0.205. The lowest BCUT2D eigenvalue weighted by atomic mass is 10.0.